The van der Waals surface area contributed by atoms with E-state index in [1.807, 2.05) is 48.7 Å². The fourth-order valence-corrected chi connectivity index (χ4v) is 3.68. The van der Waals surface area contributed by atoms with Gasteiger partial charge in [-0.15, -0.1) is 0 Å². The van der Waals surface area contributed by atoms with E-state index in [2.05, 4.69) is 81.8 Å². The van der Waals surface area contributed by atoms with Gasteiger partial charge >= 0.3 is 0 Å². The number of benzene rings is 2. The van der Waals surface area contributed by atoms with Crippen LogP contribution in [0.2, 0.25) is 0 Å². The lowest BCUT2D eigenvalue weighted by atomic mass is 9.84. The van der Waals surface area contributed by atoms with Crippen molar-refractivity contribution in [3.8, 4) is 34.0 Å². The molecule has 0 radical (unpaired) electrons. The highest BCUT2D eigenvalue weighted by atomic mass is 16.5. The number of rotatable bonds is 4. The Labute approximate surface area is 197 Å². The number of aromatic nitrogens is 2. The van der Waals surface area contributed by atoms with Gasteiger partial charge in [0.25, 0.3) is 0 Å². The molecule has 3 heteroatoms. The molecule has 2 heterocycles. The third-order valence-electron chi connectivity index (χ3n) is 5.72. The van der Waals surface area contributed by atoms with Crippen molar-refractivity contribution in [1.82, 2.24) is 9.97 Å². The van der Waals surface area contributed by atoms with Crippen molar-refractivity contribution in [1.29, 1.82) is 0 Å². The number of hydrogen-bond donors (Lipinski definition) is 0. The highest BCUT2D eigenvalue weighted by Crippen LogP contribution is 2.35. The second-order valence-corrected chi connectivity index (χ2v) is 10.5. The molecule has 2 aromatic heterocycles. The molecule has 0 unspecified atom stereocenters. The Hall–Kier alpha value is -3.46. The summed E-state index contributed by atoms with van der Waals surface area (Å²) in [5, 5.41) is 0. The Morgan fingerprint density at radius 2 is 1.27 bits per heavy atom. The van der Waals surface area contributed by atoms with Crippen LogP contribution in [-0.2, 0) is 10.8 Å². The molecule has 0 saturated carbocycles. The molecule has 33 heavy (non-hydrogen) atoms. The molecule has 0 saturated heterocycles. The van der Waals surface area contributed by atoms with Crippen LogP contribution < -0.4 is 4.74 Å². The molecule has 0 bridgehead atoms. The molecule has 0 N–H and O–H groups in total. The van der Waals surface area contributed by atoms with Gasteiger partial charge in [0.2, 0.25) is 0 Å². The number of pyridine rings is 2. The first-order valence-corrected chi connectivity index (χ1v) is 11.4. The number of hydrogen-bond acceptors (Lipinski definition) is 3. The van der Waals surface area contributed by atoms with E-state index < -0.39 is 0 Å². The predicted molar refractivity (Wildman–Crippen MR) is 137 cm³/mol. The van der Waals surface area contributed by atoms with Crippen LogP contribution in [0.25, 0.3) is 22.5 Å². The quantitative estimate of drug-likeness (QED) is 0.323. The largest absolute Gasteiger partial charge is 0.457 e. The summed E-state index contributed by atoms with van der Waals surface area (Å²) in [4.78, 5) is 9.15. The van der Waals surface area contributed by atoms with E-state index in [4.69, 9.17) is 4.74 Å². The van der Waals surface area contributed by atoms with Crippen molar-refractivity contribution < 1.29 is 4.74 Å². The van der Waals surface area contributed by atoms with Gasteiger partial charge in [-0.25, -0.2) is 0 Å². The summed E-state index contributed by atoms with van der Waals surface area (Å²) in [6, 6.07) is 24.7. The van der Waals surface area contributed by atoms with E-state index in [9.17, 15) is 0 Å². The summed E-state index contributed by atoms with van der Waals surface area (Å²) < 4.78 is 6.38. The van der Waals surface area contributed by atoms with Crippen LogP contribution in [0.15, 0.2) is 85.2 Å². The fourth-order valence-electron chi connectivity index (χ4n) is 3.68. The van der Waals surface area contributed by atoms with Crippen molar-refractivity contribution in [2.45, 2.75) is 52.4 Å². The molecule has 0 aliphatic rings. The van der Waals surface area contributed by atoms with Crippen LogP contribution in [0.1, 0.15) is 52.7 Å². The zero-order valence-corrected chi connectivity index (χ0v) is 20.4. The first-order valence-electron chi connectivity index (χ1n) is 11.4. The molecule has 0 amide bonds. The molecule has 0 aliphatic heterocycles. The van der Waals surface area contributed by atoms with Gasteiger partial charge < -0.3 is 4.74 Å². The van der Waals surface area contributed by atoms with Gasteiger partial charge in [-0.05, 0) is 76.6 Å². The second-order valence-electron chi connectivity index (χ2n) is 10.5. The average Bonchev–Trinajstić information content (AvgIpc) is 2.79. The van der Waals surface area contributed by atoms with Crippen LogP contribution in [0.5, 0.6) is 11.5 Å². The Morgan fingerprint density at radius 1 is 0.545 bits per heavy atom. The molecule has 4 aromatic rings. The topological polar surface area (TPSA) is 35.0 Å². The van der Waals surface area contributed by atoms with E-state index in [-0.39, 0.29) is 10.8 Å². The zero-order valence-electron chi connectivity index (χ0n) is 20.4. The third kappa shape index (κ3) is 5.48. The van der Waals surface area contributed by atoms with E-state index >= 15 is 0 Å². The fraction of sp³-hybridized carbons (Fsp3) is 0.267. The number of nitrogens with zero attached hydrogens (tertiary/aromatic N) is 2. The summed E-state index contributed by atoms with van der Waals surface area (Å²) in [5.41, 5.74) is 6.48. The highest BCUT2D eigenvalue weighted by Gasteiger charge is 2.19. The van der Waals surface area contributed by atoms with Crippen molar-refractivity contribution >= 4 is 0 Å². The lowest BCUT2D eigenvalue weighted by molar-refractivity contribution is 0.479. The van der Waals surface area contributed by atoms with Crippen LogP contribution in [0.3, 0.4) is 0 Å². The van der Waals surface area contributed by atoms with Crippen LogP contribution in [0, 0.1) is 0 Å². The Bertz CT molecular complexity index is 1250. The van der Waals surface area contributed by atoms with E-state index in [1.54, 1.807) is 6.20 Å². The minimum Gasteiger partial charge on any atom is -0.457 e. The first-order chi connectivity index (χ1) is 15.6. The van der Waals surface area contributed by atoms with Crippen LogP contribution in [-0.4, -0.2) is 9.97 Å². The normalized spacial score (nSPS) is 11.9. The molecule has 0 spiro atoms. The van der Waals surface area contributed by atoms with Gasteiger partial charge in [0.1, 0.15) is 11.5 Å². The Morgan fingerprint density at radius 3 is 1.97 bits per heavy atom. The van der Waals surface area contributed by atoms with Gasteiger partial charge in [-0.2, -0.15) is 0 Å². The van der Waals surface area contributed by atoms with Gasteiger partial charge in [0, 0.05) is 23.5 Å². The molecule has 2 aromatic carbocycles. The summed E-state index contributed by atoms with van der Waals surface area (Å²) >= 11 is 0. The van der Waals surface area contributed by atoms with E-state index in [1.165, 1.54) is 11.1 Å². The standard InChI is InChI=1S/C30H32N2O/c1-29(2,3)23-13-15-32-28(20-23)22-16-24(30(4,5)6)19-26(18-22)33-25-11-9-10-21(17-25)27-12-7-8-14-31-27/h7-20H,1-6H3. The highest BCUT2D eigenvalue weighted by molar-refractivity contribution is 5.65. The summed E-state index contributed by atoms with van der Waals surface area (Å²) in [7, 11) is 0. The average molecular weight is 437 g/mol. The second kappa shape index (κ2) is 8.82. The van der Waals surface area contributed by atoms with Crippen LogP contribution >= 0.6 is 0 Å². The molecule has 0 atom stereocenters. The maximum absolute atomic E-state index is 6.38. The summed E-state index contributed by atoms with van der Waals surface area (Å²) in [6.07, 6.45) is 3.71. The third-order valence-corrected chi connectivity index (χ3v) is 5.72. The maximum atomic E-state index is 6.38. The van der Waals surface area contributed by atoms with Crippen LogP contribution in [0.4, 0.5) is 0 Å². The molecule has 4 rings (SSSR count). The number of ether oxygens (including phenoxy) is 1. The molecule has 168 valence electrons. The van der Waals surface area contributed by atoms with E-state index in [0.717, 1.165) is 34.0 Å². The Kier molecular flexibility index (Phi) is 6.07. The van der Waals surface area contributed by atoms with E-state index in [0.29, 0.717) is 0 Å². The zero-order chi connectivity index (χ0) is 23.6. The van der Waals surface area contributed by atoms with Gasteiger partial charge in [0.15, 0.2) is 0 Å². The van der Waals surface area contributed by atoms with Crippen molar-refractivity contribution in [3.05, 3.63) is 96.3 Å². The van der Waals surface area contributed by atoms with Gasteiger partial charge in [-0.3, -0.25) is 9.97 Å². The van der Waals surface area contributed by atoms with Gasteiger partial charge in [0.05, 0.1) is 11.4 Å². The van der Waals surface area contributed by atoms with Gasteiger partial charge in [-0.1, -0.05) is 59.7 Å². The molecular weight excluding hydrogens is 404 g/mol. The first kappa shape index (κ1) is 22.7. The molecule has 0 aliphatic carbocycles. The predicted octanol–water partition coefficient (Wildman–Crippen LogP) is 8.20. The smallest absolute Gasteiger partial charge is 0.128 e. The minimum absolute atomic E-state index is 0.0223. The summed E-state index contributed by atoms with van der Waals surface area (Å²) in [5.74, 6) is 1.59. The van der Waals surface area contributed by atoms with Crippen molar-refractivity contribution in [2.24, 2.45) is 0 Å². The SMILES string of the molecule is CC(C)(C)c1cc(Oc2cccc(-c3ccccn3)c2)cc(-c2cc(C(C)(C)C)ccn2)c1. The maximum Gasteiger partial charge on any atom is 0.128 e. The summed E-state index contributed by atoms with van der Waals surface area (Å²) in [6.45, 7) is 13.3. The molecule has 0 fully saturated rings. The van der Waals surface area contributed by atoms with Crippen molar-refractivity contribution in [3.63, 3.8) is 0 Å². The monoisotopic (exact) mass is 436 g/mol. The lowest BCUT2D eigenvalue weighted by Gasteiger charge is -2.22. The molecule has 3 nitrogen and oxygen atoms in total. The van der Waals surface area contributed by atoms with Crippen molar-refractivity contribution in [2.75, 3.05) is 0 Å². The minimum atomic E-state index is -0.0223. The Balaban J connectivity index is 1.74. The molecular formula is C30H32N2O. The lowest BCUT2D eigenvalue weighted by Crippen LogP contribution is -2.12.